The molecule has 1 atom stereocenters. The number of sulfone groups is 1. The first-order valence-electron chi connectivity index (χ1n) is 5.99. The molecule has 20 heavy (non-hydrogen) atoms. The minimum atomic E-state index is -3.42. The third kappa shape index (κ3) is 2.64. The van der Waals surface area contributed by atoms with Crippen molar-refractivity contribution in [3.63, 3.8) is 0 Å². The minimum absolute atomic E-state index is 0.453. The Kier molecular flexibility index (Phi) is 3.51. The summed E-state index contributed by atoms with van der Waals surface area (Å²) >= 11 is 0. The molecule has 2 rings (SSSR count). The molecule has 1 N–H and O–H groups in total. The first-order chi connectivity index (χ1) is 9.20. The van der Waals surface area contributed by atoms with Gasteiger partial charge >= 0.3 is 0 Å². The third-order valence-corrected chi connectivity index (χ3v) is 4.64. The summed E-state index contributed by atoms with van der Waals surface area (Å²) in [7, 11) is -1.63. The second-order valence-corrected chi connectivity index (χ2v) is 7.13. The number of aryl methyl sites for hydroxylation is 2. The topological polar surface area (TPSA) is 93.9 Å². The standard InChI is InChI=1S/C12H16N4O3S/c1-7-10-5-9(6-13-11(10)16(3)15-7)14-12(17)8(2)20(4,18)19/h5-6,8H,1-4H3,(H,14,17). The van der Waals surface area contributed by atoms with Gasteiger partial charge in [0.1, 0.15) is 5.25 Å². The van der Waals surface area contributed by atoms with Gasteiger partial charge in [0.25, 0.3) is 0 Å². The molecule has 0 aliphatic rings. The van der Waals surface area contributed by atoms with E-state index in [4.69, 9.17) is 0 Å². The van der Waals surface area contributed by atoms with E-state index in [1.807, 2.05) is 6.92 Å². The highest BCUT2D eigenvalue weighted by molar-refractivity contribution is 7.92. The van der Waals surface area contributed by atoms with Gasteiger partial charge in [-0.15, -0.1) is 0 Å². The Labute approximate surface area is 116 Å². The molecule has 7 nitrogen and oxygen atoms in total. The molecule has 0 bridgehead atoms. The van der Waals surface area contributed by atoms with Crippen LogP contribution >= 0.6 is 0 Å². The molecule has 0 aromatic carbocycles. The maximum Gasteiger partial charge on any atom is 0.242 e. The average Bonchev–Trinajstić information content (AvgIpc) is 2.62. The Morgan fingerprint density at radius 3 is 2.70 bits per heavy atom. The molecular formula is C12H16N4O3S. The number of nitrogens with zero attached hydrogens (tertiary/aromatic N) is 3. The van der Waals surface area contributed by atoms with Crippen molar-refractivity contribution in [2.75, 3.05) is 11.6 Å². The number of carbonyl (C=O) groups excluding carboxylic acids is 1. The number of carbonyl (C=O) groups is 1. The Hall–Kier alpha value is -1.96. The number of anilines is 1. The van der Waals surface area contributed by atoms with Gasteiger partial charge in [-0.2, -0.15) is 5.10 Å². The summed E-state index contributed by atoms with van der Waals surface area (Å²) in [5, 5.41) is 6.50. The molecule has 1 unspecified atom stereocenters. The molecule has 8 heteroatoms. The lowest BCUT2D eigenvalue weighted by Gasteiger charge is -2.10. The van der Waals surface area contributed by atoms with Crippen molar-refractivity contribution in [2.45, 2.75) is 19.1 Å². The van der Waals surface area contributed by atoms with Gasteiger partial charge in [-0.3, -0.25) is 9.48 Å². The van der Waals surface area contributed by atoms with E-state index in [9.17, 15) is 13.2 Å². The molecule has 0 saturated carbocycles. The number of fused-ring (bicyclic) bond motifs is 1. The molecule has 0 spiro atoms. The average molecular weight is 296 g/mol. The fourth-order valence-electron chi connectivity index (χ4n) is 1.81. The van der Waals surface area contributed by atoms with Crippen molar-refractivity contribution in [1.82, 2.24) is 14.8 Å². The monoisotopic (exact) mass is 296 g/mol. The maximum atomic E-state index is 11.8. The molecule has 2 aromatic rings. The number of hydrogen-bond acceptors (Lipinski definition) is 5. The van der Waals surface area contributed by atoms with E-state index in [1.54, 1.807) is 17.8 Å². The van der Waals surface area contributed by atoms with Gasteiger partial charge in [0.05, 0.1) is 17.6 Å². The van der Waals surface area contributed by atoms with Crippen molar-refractivity contribution in [3.05, 3.63) is 18.0 Å². The first-order valence-corrected chi connectivity index (χ1v) is 7.94. The van der Waals surface area contributed by atoms with E-state index < -0.39 is 21.0 Å². The maximum absolute atomic E-state index is 11.8. The molecule has 0 fully saturated rings. The smallest absolute Gasteiger partial charge is 0.242 e. The first kappa shape index (κ1) is 14.4. The van der Waals surface area contributed by atoms with Gasteiger partial charge in [-0.25, -0.2) is 13.4 Å². The fourth-order valence-corrected chi connectivity index (χ4v) is 2.26. The molecule has 108 valence electrons. The SMILES string of the molecule is Cc1nn(C)c2ncc(NC(=O)C(C)S(C)(=O)=O)cc12. The zero-order valence-corrected chi connectivity index (χ0v) is 12.5. The van der Waals surface area contributed by atoms with E-state index >= 15 is 0 Å². The van der Waals surface area contributed by atoms with E-state index in [2.05, 4.69) is 15.4 Å². The van der Waals surface area contributed by atoms with E-state index in [0.717, 1.165) is 17.3 Å². The summed E-state index contributed by atoms with van der Waals surface area (Å²) in [5.41, 5.74) is 1.95. The summed E-state index contributed by atoms with van der Waals surface area (Å²) in [4.78, 5) is 16.1. The van der Waals surface area contributed by atoms with Gasteiger partial charge in [0.2, 0.25) is 5.91 Å². The van der Waals surface area contributed by atoms with E-state index in [0.29, 0.717) is 11.3 Å². The minimum Gasteiger partial charge on any atom is -0.324 e. The van der Waals surface area contributed by atoms with Crippen LogP contribution in [0.4, 0.5) is 5.69 Å². The molecule has 0 radical (unpaired) electrons. The second-order valence-electron chi connectivity index (χ2n) is 4.77. The van der Waals surface area contributed by atoms with Crippen LogP contribution in [-0.4, -0.2) is 40.6 Å². The van der Waals surface area contributed by atoms with Crippen LogP contribution < -0.4 is 5.32 Å². The van der Waals surface area contributed by atoms with Gasteiger partial charge in [-0.05, 0) is 19.9 Å². The lowest BCUT2D eigenvalue weighted by molar-refractivity contribution is -0.115. The van der Waals surface area contributed by atoms with Crippen LogP contribution in [0.1, 0.15) is 12.6 Å². The highest BCUT2D eigenvalue weighted by Crippen LogP contribution is 2.19. The van der Waals surface area contributed by atoms with E-state index in [-0.39, 0.29) is 0 Å². The summed E-state index contributed by atoms with van der Waals surface area (Å²) < 4.78 is 24.3. The molecule has 2 aromatic heterocycles. The molecule has 0 saturated heterocycles. The van der Waals surface area contributed by atoms with Crippen LogP contribution in [0.2, 0.25) is 0 Å². The van der Waals surface area contributed by atoms with Crippen LogP contribution in [0.15, 0.2) is 12.3 Å². The van der Waals surface area contributed by atoms with Gasteiger partial charge in [0, 0.05) is 18.7 Å². The van der Waals surface area contributed by atoms with Crippen molar-refractivity contribution < 1.29 is 13.2 Å². The fraction of sp³-hybridized carbons (Fsp3) is 0.417. The van der Waals surface area contributed by atoms with Gasteiger partial charge < -0.3 is 5.32 Å². The zero-order valence-electron chi connectivity index (χ0n) is 11.7. The number of rotatable bonds is 3. The number of hydrogen-bond donors (Lipinski definition) is 1. The van der Waals surface area contributed by atoms with Crippen LogP contribution in [0.25, 0.3) is 11.0 Å². The Bertz CT molecular complexity index is 779. The van der Waals surface area contributed by atoms with Crippen molar-refractivity contribution in [1.29, 1.82) is 0 Å². The Balaban J connectivity index is 2.31. The molecular weight excluding hydrogens is 280 g/mol. The highest BCUT2D eigenvalue weighted by atomic mass is 32.2. The van der Waals surface area contributed by atoms with Crippen LogP contribution in [0.3, 0.4) is 0 Å². The van der Waals surface area contributed by atoms with E-state index in [1.165, 1.54) is 13.1 Å². The Morgan fingerprint density at radius 2 is 2.10 bits per heavy atom. The van der Waals surface area contributed by atoms with Crippen LogP contribution in [0.5, 0.6) is 0 Å². The molecule has 1 amide bonds. The normalized spacial score (nSPS) is 13.4. The van der Waals surface area contributed by atoms with Gasteiger partial charge in [-0.1, -0.05) is 0 Å². The van der Waals surface area contributed by atoms with Crippen molar-refractivity contribution >= 4 is 32.5 Å². The van der Waals surface area contributed by atoms with Crippen LogP contribution in [0, 0.1) is 6.92 Å². The number of pyridine rings is 1. The number of nitrogens with one attached hydrogen (secondary N) is 1. The van der Waals surface area contributed by atoms with Gasteiger partial charge in [0.15, 0.2) is 15.5 Å². The number of amides is 1. The third-order valence-electron chi connectivity index (χ3n) is 3.14. The van der Waals surface area contributed by atoms with Crippen molar-refractivity contribution in [2.24, 2.45) is 7.05 Å². The van der Waals surface area contributed by atoms with Crippen LogP contribution in [-0.2, 0) is 21.7 Å². The highest BCUT2D eigenvalue weighted by Gasteiger charge is 2.23. The quantitative estimate of drug-likeness (QED) is 0.897. The summed E-state index contributed by atoms with van der Waals surface area (Å²) in [6.07, 6.45) is 2.51. The van der Waals surface area contributed by atoms with Crippen molar-refractivity contribution in [3.8, 4) is 0 Å². The molecule has 2 heterocycles. The second kappa shape index (κ2) is 4.86. The number of aromatic nitrogens is 3. The molecule has 0 aliphatic heterocycles. The molecule has 0 aliphatic carbocycles. The summed E-state index contributed by atoms with van der Waals surface area (Å²) in [6.45, 7) is 3.20. The summed E-state index contributed by atoms with van der Waals surface area (Å²) in [5.74, 6) is -0.574. The summed E-state index contributed by atoms with van der Waals surface area (Å²) in [6, 6.07) is 1.73. The lowest BCUT2D eigenvalue weighted by Crippen LogP contribution is -2.31. The Morgan fingerprint density at radius 1 is 1.45 bits per heavy atom. The lowest BCUT2D eigenvalue weighted by atomic mass is 10.2. The predicted octanol–water partition coefficient (Wildman–Crippen LogP) is 0.648. The zero-order chi connectivity index (χ0) is 15.1. The predicted molar refractivity (Wildman–Crippen MR) is 76.2 cm³/mol. The largest absolute Gasteiger partial charge is 0.324 e.